The van der Waals surface area contributed by atoms with Crippen molar-refractivity contribution in [2.75, 3.05) is 7.11 Å². The summed E-state index contributed by atoms with van der Waals surface area (Å²) in [6.45, 7) is 3.87. The zero-order valence-electron chi connectivity index (χ0n) is 10.8. The zero-order valence-corrected chi connectivity index (χ0v) is 10.8. The van der Waals surface area contributed by atoms with Gasteiger partial charge in [-0.15, -0.1) is 0 Å². The maximum atomic E-state index is 9.09. The SMILES string of the molecule is COc1c(C)cc(C)cc1-c1ccnc(CO)n1. The van der Waals surface area contributed by atoms with Crippen molar-refractivity contribution >= 4 is 0 Å². The summed E-state index contributed by atoms with van der Waals surface area (Å²) in [4.78, 5) is 8.29. The molecule has 0 saturated carbocycles. The molecular weight excluding hydrogens is 228 g/mol. The number of ether oxygens (including phenoxy) is 1. The fraction of sp³-hybridized carbons (Fsp3) is 0.286. The Hall–Kier alpha value is -1.94. The van der Waals surface area contributed by atoms with Crippen LogP contribution in [-0.4, -0.2) is 22.2 Å². The van der Waals surface area contributed by atoms with Crippen LogP contribution in [0.25, 0.3) is 11.3 Å². The van der Waals surface area contributed by atoms with E-state index < -0.39 is 0 Å². The molecule has 18 heavy (non-hydrogen) atoms. The van der Waals surface area contributed by atoms with Crippen LogP contribution in [0.15, 0.2) is 24.4 Å². The lowest BCUT2D eigenvalue weighted by molar-refractivity contribution is 0.271. The first-order chi connectivity index (χ1) is 8.65. The summed E-state index contributed by atoms with van der Waals surface area (Å²) in [5.41, 5.74) is 3.90. The van der Waals surface area contributed by atoms with Crippen molar-refractivity contribution in [3.05, 3.63) is 41.3 Å². The van der Waals surface area contributed by atoms with Gasteiger partial charge in [0.1, 0.15) is 12.4 Å². The number of hydrogen-bond donors (Lipinski definition) is 1. The number of aromatic nitrogens is 2. The van der Waals surface area contributed by atoms with Gasteiger partial charge in [0.15, 0.2) is 5.82 Å². The van der Waals surface area contributed by atoms with Gasteiger partial charge in [0.05, 0.1) is 12.8 Å². The second-order valence-electron chi connectivity index (χ2n) is 4.18. The monoisotopic (exact) mass is 244 g/mol. The molecule has 1 heterocycles. The predicted octanol–water partition coefficient (Wildman–Crippen LogP) is 2.26. The van der Waals surface area contributed by atoms with Gasteiger partial charge in [-0.3, -0.25) is 0 Å². The van der Waals surface area contributed by atoms with Crippen LogP contribution in [0.1, 0.15) is 17.0 Å². The Labute approximate surface area is 106 Å². The molecule has 0 aliphatic carbocycles. The van der Waals surface area contributed by atoms with Crippen LogP contribution in [0, 0.1) is 13.8 Å². The van der Waals surface area contributed by atoms with Gasteiger partial charge in [-0.2, -0.15) is 0 Å². The zero-order chi connectivity index (χ0) is 13.1. The van der Waals surface area contributed by atoms with Crippen LogP contribution >= 0.6 is 0 Å². The molecule has 4 nitrogen and oxygen atoms in total. The highest BCUT2D eigenvalue weighted by Gasteiger charge is 2.11. The van der Waals surface area contributed by atoms with Crippen molar-refractivity contribution in [2.45, 2.75) is 20.5 Å². The number of hydrogen-bond acceptors (Lipinski definition) is 4. The molecule has 0 bridgehead atoms. The van der Waals surface area contributed by atoms with E-state index in [1.165, 1.54) is 0 Å². The third kappa shape index (κ3) is 2.33. The molecule has 0 amide bonds. The highest BCUT2D eigenvalue weighted by Crippen LogP contribution is 2.32. The Morgan fingerprint density at radius 3 is 2.72 bits per heavy atom. The van der Waals surface area contributed by atoms with Crippen LogP contribution in [0.3, 0.4) is 0 Å². The van der Waals surface area contributed by atoms with Gasteiger partial charge in [0, 0.05) is 11.8 Å². The van der Waals surface area contributed by atoms with Gasteiger partial charge in [0.2, 0.25) is 0 Å². The van der Waals surface area contributed by atoms with Crippen molar-refractivity contribution in [3.8, 4) is 17.0 Å². The van der Waals surface area contributed by atoms with Crippen molar-refractivity contribution in [1.29, 1.82) is 0 Å². The van der Waals surface area contributed by atoms with Crippen molar-refractivity contribution in [2.24, 2.45) is 0 Å². The summed E-state index contributed by atoms with van der Waals surface area (Å²) in [5.74, 6) is 1.22. The molecule has 0 spiro atoms. The molecule has 0 unspecified atom stereocenters. The lowest BCUT2D eigenvalue weighted by atomic mass is 10.0. The minimum absolute atomic E-state index is 0.166. The summed E-state index contributed by atoms with van der Waals surface area (Å²) in [5, 5.41) is 9.09. The van der Waals surface area contributed by atoms with E-state index in [0.29, 0.717) is 5.82 Å². The molecule has 0 aliphatic heterocycles. The summed E-state index contributed by atoms with van der Waals surface area (Å²) in [6.07, 6.45) is 1.64. The number of methoxy groups -OCH3 is 1. The molecule has 2 aromatic rings. The van der Waals surface area contributed by atoms with Crippen LogP contribution in [0.4, 0.5) is 0 Å². The Balaban J connectivity index is 2.61. The standard InChI is InChI=1S/C14H16N2O2/c1-9-6-10(2)14(18-3)11(7-9)12-4-5-15-13(8-17)16-12/h4-7,17H,8H2,1-3H3. The first-order valence-corrected chi connectivity index (χ1v) is 5.74. The van der Waals surface area contributed by atoms with Crippen LogP contribution in [0.2, 0.25) is 0 Å². The van der Waals surface area contributed by atoms with E-state index >= 15 is 0 Å². The number of rotatable bonds is 3. The summed E-state index contributed by atoms with van der Waals surface area (Å²) >= 11 is 0. The Kier molecular flexibility index (Phi) is 3.58. The molecule has 1 N–H and O–H groups in total. The molecule has 4 heteroatoms. The summed E-state index contributed by atoms with van der Waals surface area (Å²) in [7, 11) is 1.65. The molecule has 0 atom stereocenters. The molecule has 2 rings (SSSR count). The van der Waals surface area contributed by atoms with Gasteiger partial charge >= 0.3 is 0 Å². The molecular formula is C14H16N2O2. The smallest absolute Gasteiger partial charge is 0.154 e. The minimum Gasteiger partial charge on any atom is -0.496 e. The van der Waals surface area contributed by atoms with E-state index in [1.54, 1.807) is 13.3 Å². The number of nitrogens with zero attached hydrogens (tertiary/aromatic N) is 2. The van der Waals surface area contributed by atoms with Crippen molar-refractivity contribution in [3.63, 3.8) is 0 Å². The Morgan fingerprint density at radius 1 is 1.28 bits per heavy atom. The van der Waals surface area contributed by atoms with E-state index in [-0.39, 0.29) is 6.61 Å². The maximum absolute atomic E-state index is 9.09. The van der Waals surface area contributed by atoms with E-state index in [9.17, 15) is 0 Å². The second-order valence-corrected chi connectivity index (χ2v) is 4.18. The number of aryl methyl sites for hydroxylation is 2. The van der Waals surface area contributed by atoms with Gasteiger partial charge in [-0.1, -0.05) is 6.07 Å². The Morgan fingerprint density at radius 2 is 2.06 bits per heavy atom. The highest BCUT2D eigenvalue weighted by molar-refractivity contribution is 5.70. The number of aliphatic hydroxyl groups excluding tert-OH is 1. The average molecular weight is 244 g/mol. The molecule has 1 aromatic heterocycles. The quantitative estimate of drug-likeness (QED) is 0.899. The van der Waals surface area contributed by atoms with E-state index in [4.69, 9.17) is 9.84 Å². The molecule has 94 valence electrons. The van der Waals surface area contributed by atoms with Crippen LogP contribution < -0.4 is 4.74 Å². The van der Waals surface area contributed by atoms with E-state index in [1.807, 2.05) is 26.0 Å². The summed E-state index contributed by atoms with van der Waals surface area (Å²) in [6, 6.07) is 5.90. The predicted molar refractivity (Wildman–Crippen MR) is 69.4 cm³/mol. The van der Waals surface area contributed by atoms with Gasteiger partial charge in [-0.25, -0.2) is 9.97 Å². The topological polar surface area (TPSA) is 55.2 Å². The minimum atomic E-state index is -0.166. The molecule has 0 radical (unpaired) electrons. The first kappa shape index (κ1) is 12.5. The highest BCUT2D eigenvalue weighted by atomic mass is 16.5. The lowest BCUT2D eigenvalue weighted by Crippen LogP contribution is -1.98. The lowest BCUT2D eigenvalue weighted by Gasteiger charge is -2.12. The van der Waals surface area contributed by atoms with Crippen LogP contribution in [0.5, 0.6) is 5.75 Å². The van der Waals surface area contributed by atoms with Gasteiger partial charge < -0.3 is 9.84 Å². The van der Waals surface area contributed by atoms with E-state index in [2.05, 4.69) is 16.0 Å². The third-order valence-electron chi connectivity index (χ3n) is 2.75. The molecule has 0 aliphatic rings. The summed E-state index contributed by atoms with van der Waals surface area (Å²) < 4.78 is 5.44. The second kappa shape index (κ2) is 5.14. The van der Waals surface area contributed by atoms with Crippen molar-refractivity contribution < 1.29 is 9.84 Å². The third-order valence-corrected chi connectivity index (χ3v) is 2.75. The maximum Gasteiger partial charge on any atom is 0.154 e. The molecule has 1 aromatic carbocycles. The number of aliphatic hydroxyl groups is 1. The fourth-order valence-electron chi connectivity index (χ4n) is 2.04. The fourth-order valence-corrected chi connectivity index (χ4v) is 2.04. The largest absolute Gasteiger partial charge is 0.496 e. The van der Waals surface area contributed by atoms with Crippen LogP contribution in [-0.2, 0) is 6.61 Å². The average Bonchev–Trinajstić information content (AvgIpc) is 2.38. The number of benzene rings is 1. The van der Waals surface area contributed by atoms with Crippen molar-refractivity contribution in [1.82, 2.24) is 9.97 Å². The molecule has 0 saturated heterocycles. The van der Waals surface area contributed by atoms with Gasteiger partial charge in [0.25, 0.3) is 0 Å². The van der Waals surface area contributed by atoms with E-state index in [0.717, 1.165) is 28.1 Å². The Bertz CT molecular complexity index is 568. The van der Waals surface area contributed by atoms with Gasteiger partial charge in [-0.05, 0) is 37.1 Å². The molecule has 0 fully saturated rings. The normalized spacial score (nSPS) is 10.4. The first-order valence-electron chi connectivity index (χ1n) is 5.74.